The summed E-state index contributed by atoms with van der Waals surface area (Å²) in [7, 11) is 4.34. The summed E-state index contributed by atoms with van der Waals surface area (Å²) in [6, 6.07) is 13.6. The van der Waals surface area contributed by atoms with Crippen LogP contribution >= 0.6 is 11.6 Å². The van der Waals surface area contributed by atoms with Crippen molar-refractivity contribution in [2.75, 3.05) is 26.6 Å². The average Bonchev–Trinajstić information content (AvgIpc) is 3.18. The summed E-state index contributed by atoms with van der Waals surface area (Å²) in [5.74, 6) is 0.119. The minimum atomic E-state index is -0.634. The van der Waals surface area contributed by atoms with E-state index < -0.39 is 11.9 Å². The van der Waals surface area contributed by atoms with Crippen LogP contribution in [0.15, 0.2) is 48.5 Å². The monoisotopic (exact) mass is 429 g/mol. The largest absolute Gasteiger partial charge is 0.497 e. The molecule has 0 fully saturated rings. The second kappa shape index (κ2) is 9.32. The summed E-state index contributed by atoms with van der Waals surface area (Å²) >= 11 is 6.12. The van der Waals surface area contributed by atoms with Gasteiger partial charge in [0.15, 0.2) is 5.69 Å². The molecule has 9 heteroatoms. The number of hydrogen-bond acceptors (Lipinski definition) is 6. The molecule has 0 spiro atoms. The lowest BCUT2D eigenvalue weighted by molar-refractivity contribution is 0.0593. The van der Waals surface area contributed by atoms with Gasteiger partial charge >= 0.3 is 5.97 Å². The second-order valence-electron chi connectivity index (χ2n) is 6.22. The number of aromatic nitrogens is 2. The van der Waals surface area contributed by atoms with Gasteiger partial charge in [-0.25, -0.2) is 4.79 Å². The topological polar surface area (TPSA) is 91.7 Å². The lowest BCUT2D eigenvalue weighted by Gasteiger charge is -2.10. The van der Waals surface area contributed by atoms with Gasteiger partial charge in [-0.1, -0.05) is 23.7 Å². The Hall–Kier alpha value is -3.52. The zero-order valence-electron chi connectivity index (χ0n) is 16.6. The van der Waals surface area contributed by atoms with Gasteiger partial charge in [-0.05, 0) is 35.9 Å². The molecule has 1 amide bonds. The Morgan fingerprint density at radius 1 is 1.03 bits per heavy atom. The Bertz CT molecular complexity index is 1060. The van der Waals surface area contributed by atoms with Gasteiger partial charge in [-0.3, -0.25) is 9.48 Å². The predicted octanol–water partition coefficient (Wildman–Crippen LogP) is 3.64. The molecule has 2 aromatic carbocycles. The number of nitrogens with one attached hydrogen (secondary N) is 1. The zero-order chi connectivity index (χ0) is 21.7. The number of hydrogen-bond donors (Lipinski definition) is 1. The highest BCUT2D eigenvalue weighted by atomic mass is 35.5. The standard InChI is InChI=1S/C21H20ClN3O5/c1-28-15-7-4-13(5-8-15)12-25-18(11-17(24-25)21(27)30-3)20(26)23-14-6-9-19(29-2)16(22)10-14/h4-11H,12H2,1-3H3,(H,23,26). The number of nitrogens with zero attached hydrogens (tertiary/aromatic N) is 2. The van der Waals surface area contributed by atoms with E-state index in [2.05, 4.69) is 10.4 Å². The van der Waals surface area contributed by atoms with Crippen molar-refractivity contribution < 1.29 is 23.8 Å². The number of ether oxygens (including phenoxy) is 3. The van der Waals surface area contributed by atoms with Crippen LogP contribution in [0.4, 0.5) is 5.69 Å². The van der Waals surface area contributed by atoms with Crippen LogP contribution in [0.25, 0.3) is 0 Å². The molecular weight excluding hydrogens is 410 g/mol. The highest BCUT2D eigenvalue weighted by Crippen LogP contribution is 2.27. The van der Waals surface area contributed by atoms with E-state index in [0.717, 1.165) is 5.56 Å². The summed E-state index contributed by atoms with van der Waals surface area (Å²) in [6.45, 7) is 0.271. The van der Waals surface area contributed by atoms with Gasteiger partial charge in [-0.15, -0.1) is 0 Å². The summed E-state index contributed by atoms with van der Waals surface area (Å²) in [5, 5.41) is 7.34. The fraction of sp³-hybridized carbons (Fsp3) is 0.190. The maximum atomic E-state index is 12.9. The van der Waals surface area contributed by atoms with Crippen LogP contribution < -0.4 is 14.8 Å². The molecule has 1 N–H and O–H groups in total. The Balaban J connectivity index is 1.89. The molecule has 0 atom stereocenters. The highest BCUT2D eigenvalue weighted by molar-refractivity contribution is 6.32. The van der Waals surface area contributed by atoms with Gasteiger partial charge in [0.1, 0.15) is 17.2 Å². The van der Waals surface area contributed by atoms with E-state index in [9.17, 15) is 9.59 Å². The van der Waals surface area contributed by atoms with Gasteiger partial charge in [0.2, 0.25) is 0 Å². The molecule has 0 aliphatic rings. The summed E-state index contributed by atoms with van der Waals surface area (Å²) in [5.41, 5.74) is 1.57. The first kappa shape index (κ1) is 21.2. The fourth-order valence-corrected chi connectivity index (χ4v) is 3.03. The van der Waals surface area contributed by atoms with E-state index in [0.29, 0.717) is 22.2 Å². The molecule has 156 valence electrons. The third kappa shape index (κ3) is 4.72. The van der Waals surface area contributed by atoms with Crippen molar-refractivity contribution in [2.24, 2.45) is 0 Å². The molecular formula is C21H20ClN3O5. The van der Waals surface area contributed by atoms with E-state index in [1.54, 1.807) is 37.4 Å². The van der Waals surface area contributed by atoms with Crippen molar-refractivity contribution in [1.82, 2.24) is 9.78 Å². The molecule has 3 aromatic rings. The van der Waals surface area contributed by atoms with E-state index in [1.807, 2.05) is 12.1 Å². The third-order valence-corrected chi connectivity index (χ3v) is 4.60. The Morgan fingerprint density at radius 3 is 2.37 bits per heavy atom. The Morgan fingerprint density at radius 2 is 1.77 bits per heavy atom. The summed E-state index contributed by atoms with van der Waals surface area (Å²) in [6.07, 6.45) is 0. The molecule has 3 rings (SSSR count). The van der Waals surface area contributed by atoms with Crippen LogP contribution in [0.3, 0.4) is 0 Å². The maximum Gasteiger partial charge on any atom is 0.358 e. The molecule has 1 heterocycles. The van der Waals surface area contributed by atoms with Crippen LogP contribution in [0.5, 0.6) is 11.5 Å². The van der Waals surface area contributed by atoms with E-state index in [1.165, 1.54) is 25.0 Å². The highest BCUT2D eigenvalue weighted by Gasteiger charge is 2.20. The quantitative estimate of drug-likeness (QED) is 0.576. The predicted molar refractivity (Wildman–Crippen MR) is 112 cm³/mol. The van der Waals surface area contributed by atoms with E-state index >= 15 is 0 Å². The molecule has 0 aliphatic carbocycles. The van der Waals surface area contributed by atoms with Crippen LogP contribution in [0.2, 0.25) is 5.02 Å². The normalized spacial score (nSPS) is 10.4. The number of esters is 1. The van der Waals surface area contributed by atoms with Gasteiger partial charge in [0, 0.05) is 11.8 Å². The third-order valence-electron chi connectivity index (χ3n) is 4.31. The number of methoxy groups -OCH3 is 3. The fourth-order valence-electron chi connectivity index (χ4n) is 2.77. The number of carbonyl (C=O) groups is 2. The van der Waals surface area contributed by atoms with Crippen LogP contribution in [0.1, 0.15) is 26.5 Å². The first-order valence-corrected chi connectivity index (χ1v) is 9.27. The number of anilines is 1. The van der Waals surface area contributed by atoms with Crippen molar-refractivity contribution in [3.63, 3.8) is 0 Å². The van der Waals surface area contributed by atoms with Crippen LogP contribution in [0, 0.1) is 0 Å². The SMILES string of the molecule is COC(=O)c1cc(C(=O)Nc2ccc(OC)c(Cl)c2)n(Cc2ccc(OC)cc2)n1. The van der Waals surface area contributed by atoms with E-state index in [4.69, 9.17) is 25.8 Å². The van der Waals surface area contributed by atoms with Crippen molar-refractivity contribution in [2.45, 2.75) is 6.54 Å². The smallest absolute Gasteiger partial charge is 0.358 e. The van der Waals surface area contributed by atoms with Gasteiger partial charge in [-0.2, -0.15) is 5.10 Å². The minimum absolute atomic E-state index is 0.0314. The molecule has 8 nitrogen and oxygen atoms in total. The number of halogens is 1. The lowest BCUT2D eigenvalue weighted by Crippen LogP contribution is -2.18. The number of rotatable bonds is 7. The van der Waals surface area contributed by atoms with Gasteiger partial charge < -0.3 is 19.5 Å². The number of amides is 1. The molecule has 0 saturated carbocycles. The average molecular weight is 430 g/mol. The van der Waals surface area contributed by atoms with Crippen molar-refractivity contribution in [3.05, 3.63) is 70.5 Å². The lowest BCUT2D eigenvalue weighted by atomic mass is 10.2. The Kier molecular flexibility index (Phi) is 6.58. The van der Waals surface area contributed by atoms with Gasteiger partial charge in [0.25, 0.3) is 5.91 Å². The minimum Gasteiger partial charge on any atom is -0.497 e. The second-order valence-corrected chi connectivity index (χ2v) is 6.62. The van der Waals surface area contributed by atoms with Crippen molar-refractivity contribution in [1.29, 1.82) is 0 Å². The number of benzene rings is 2. The first-order valence-electron chi connectivity index (χ1n) is 8.89. The van der Waals surface area contributed by atoms with Gasteiger partial charge in [0.05, 0.1) is 32.9 Å². The van der Waals surface area contributed by atoms with Crippen molar-refractivity contribution >= 4 is 29.2 Å². The van der Waals surface area contributed by atoms with E-state index in [-0.39, 0.29) is 17.9 Å². The molecule has 0 unspecified atom stereocenters. The summed E-state index contributed by atoms with van der Waals surface area (Å²) < 4.78 is 16.4. The molecule has 0 radical (unpaired) electrons. The molecule has 0 bridgehead atoms. The maximum absolute atomic E-state index is 12.9. The molecule has 0 aliphatic heterocycles. The van der Waals surface area contributed by atoms with Crippen LogP contribution in [-0.2, 0) is 11.3 Å². The van der Waals surface area contributed by atoms with Crippen molar-refractivity contribution in [3.8, 4) is 11.5 Å². The molecule has 0 saturated heterocycles. The Labute approximate surface area is 178 Å². The first-order chi connectivity index (χ1) is 14.4. The zero-order valence-corrected chi connectivity index (χ0v) is 17.4. The van der Waals surface area contributed by atoms with Crippen LogP contribution in [-0.4, -0.2) is 43.0 Å². The number of carbonyl (C=O) groups excluding carboxylic acids is 2. The molecule has 30 heavy (non-hydrogen) atoms. The molecule has 1 aromatic heterocycles. The summed E-state index contributed by atoms with van der Waals surface area (Å²) in [4.78, 5) is 24.8.